The third-order valence-corrected chi connectivity index (χ3v) is 5.62. The van der Waals surface area contributed by atoms with Gasteiger partial charge >= 0.3 is 0 Å². The summed E-state index contributed by atoms with van der Waals surface area (Å²) >= 11 is 1.44. The standard InChI is InChI=1S/C22H20N4OS/c23-13-14-25(18-9-5-2-6-10-18)21(27)16-28-22-24-15-20(26(22)19-11-12-19)17-7-3-1-4-8-17/h1-10,15,19H,11-12,14,16H2. The second-order valence-corrected chi connectivity index (χ2v) is 7.60. The Morgan fingerprint density at radius 3 is 2.46 bits per heavy atom. The number of thioether (sulfide) groups is 1. The van der Waals surface area contributed by atoms with Crippen LogP contribution >= 0.6 is 11.8 Å². The molecule has 140 valence electrons. The van der Waals surface area contributed by atoms with Gasteiger partial charge in [-0.1, -0.05) is 60.3 Å². The number of amides is 1. The minimum absolute atomic E-state index is 0.0374. The molecule has 0 radical (unpaired) electrons. The summed E-state index contributed by atoms with van der Waals surface area (Å²) in [7, 11) is 0. The van der Waals surface area contributed by atoms with Gasteiger partial charge in [0.25, 0.3) is 0 Å². The zero-order valence-corrected chi connectivity index (χ0v) is 16.2. The Bertz CT molecular complexity index is 990. The van der Waals surface area contributed by atoms with E-state index in [0.29, 0.717) is 6.04 Å². The Balaban J connectivity index is 1.53. The quantitative estimate of drug-likeness (QED) is 0.441. The first-order valence-corrected chi connectivity index (χ1v) is 10.2. The molecule has 4 rings (SSSR count). The van der Waals surface area contributed by atoms with Crippen LogP contribution in [-0.2, 0) is 4.79 Å². The summed E-state index contributed by atoms with van der Waals surface area (Å²) in [5.74, 6) is 0.151. The van der Waals surface area contributed by atoms with Crippen LogP contribution in [0.15, 0.2) is 72.0 Å². The van der Waals surface area contributed by atoms with Crippen molar-refractivity contribution in [1.82, 2.24) is 9.55 Å². The molecule has 0 saturated heterocycles. The Labute approximate surface area is 168 Å². The average molecular weight is 388 g/mol. The van der Waals surface area contributed by atoms with Gasteiger partial charge in [0, 0.05) is 11.7 Å². The third kappa shape index (κ3) is 3.95. The van der Waals surface area contributed by atoms with Gasteiger partial charge in [0.15, 0.2) is 5.16 Å². The number of rotatable bonds is 7. The van der Waals surface area contributed by atoms with Crippen molar-refractivity contribution in [2.75, 3.05) is 17.2 Å². The van der Waals surface area contributed by atoms with Crippen LogP contribution < -0.4 is 4.90 Å². The van der Waals surface area contributed by atoms with Crippen LogP contribution in [0.2, 0.25) is 0 Å². The summed E-state index contributed by atoms with van der Waals surface area (Å²) in [6, 6.07) is 22.1. The van der Waals surface area contributed by atoms with E-state index >= 15 is 0 Å². The summed E-state index contributed by atoms with van der Waals surface area (Å²) in [6.45, 7) is 0.0374. The van der Waals surface area contributed by atoms with E-state index in [1.54, 1.807) is 0 Å². The van der Waals surface area contributed by atoms with Gasteiger partial charge in [-0.05, 0) is 30.5 Å². The lowest BCUT2D eigenvalue weighted by atomic mass is 10.2. The van der Waals surface area contributed by atoms with Crippen LogP contribution in [-0.4, -0.2) is 27.8 Å². The molecule has 28 heavy (non-hydrogen) atoms. The largest absolute Gasteiger partial charge is 0.316 e. The molecule has 2 aromatic carbocycles. The van der Waals surface area contributed by atoms with Crippen molar-refractivity contribution in [2.45, 2.75) is 24.0 Å². The van der Waals surface area contributed by atoms with Gasteiger partial charge in [-0.25, -0.2) is 4.98 Å². The smallest absolute Gasteiger partial charge is 0.238 e. The predicted molar refractivity (Wildman–Crippen MR) is 111 cm³/mol. The van der Waals surface area contributed by atoms with Gasteiger partial charge in [0.2, 0.25) is 5.91 Å². The molecule has 0 spiro atoms. The maximum atomic E-state index is 12.8. The number of nitriles is 1. The van der Waals surface area contributed by atoms with Crippen molar-refractivity contribution in [2.24, 2.45) is 0 Å². The minimum Gasteiger partial charge on any atom is -0.316 e. The summed E-state index contributed by atoms with van der Waals surface area (Å²) in [6.07, 6.45) is 4.18. The molecule has 1 saturated carbocycles. The molecule has 1 aliphatic carbocycles. The first-order chi connectivity index (χ1) is 13.8. The molecule has 0 N–H and O–H groups in total. The first kappa shape index (κ1) is 18.3. The maximum Gasteiger partial charge on any atom is 0.238 e. The molecule has 0 aliphatic heterocycles. The van der Waals surface area contributed by atoms with E-state index in [0.717, 1.165) is 34.9 Å². The van der Waals surface area contributed by atoms with Crippen molar-refractivity contribution in [3.05, 3.63) is 66.9 Å². The zero-order valence-electron chi connectivity index (χ0n) is 15.4. The molecule has 1 aliphatic rings. The van der Waals surface area contributed by atoms with Gasteiger partial charge in [-0.3, -0.25) is 9.69 Å². The van der Waals surface area contributed by atoms with E-state index in [1.807, 2.05) is 54.7 Å². The molecular formula is C22H20N4OS. The number of nitrogens with zero attached hydrogens (tertiary/aromatic N) is 4. The first-order valence-electron chi connectivity index (χ1n) is 9.25. The van der Waals surface area contributed by atoms with E-state index < -0.39 is 0 Å². The molecule has 5 nitrogen and oxygen atoms in total. The second kappa shape index (κ2) is 8.32. The number of imidazole rings is 1. The fraction of sp³-hybridized carbons (Fsp3) is 0.227. The van der Waals surface area contributed by atoms with E-state index in [1.165, 1.54) is 16.7 Å². The van der Waals surface area contributed by atoms with Crippen LogP contribution in [0.3, 0.4) is 0 Å². The number of para-hydroxylation sites is 1. The van der Waals surface area contributed by atoms with Crippen molar-refractivity contribution in [3.8, 4) is 17.3 Å². The van der Waals surface area contributed by atoms with E-state index in [-0.39, 0.29) is 18.2 Å². The number of aromatic nitrogens is 2. The van der Waals surface area contributed by atoms with Crippen molar-refractivity contribution in [1.29, 1.82) is 5.26 Å². The Morgan fingerprint density at radius 1 is 1.14 bits per heavy atom. The number of hydrogen-bond acceptors (Lipinski definition) is 4. The molecule has 0 atom stereocenters. The molecule has 1 heterocycles. The lowest BCUT2D eigenvalue weighted by molar-refractivity contribution is -0.116. The molecule has 0 unspecified atom stereocenters. The van der Waals surface area contributed by atoms with Gasteiger partial charge in [-0.15, -0.1) is 0 Å². The average Bonchev–Trinajstić information content (AvgIpc) is 3.50. The topological polar surface area (TPSA) is 61.9 Å². The summed E-state index contributed by atoms with van der Waals surface area (Å²) in [4.78, 5) is 18.9. The van der Waals surface area contributed by atoms with E-state index in [9.17, 15) is 4.79 Å². The van der Waals surface area contributed by atoms with E-state index in [4.69, 9.17) is 5.26 Å². The van der Waals surface area contributed by atoms with Crippen molar-refractivity contribution >= 4 is 23.4 Å². The summed E-state index contributed by atoms with van der Waals surface area (Å²) in [5.41, 5.74) is 2.97. The van der Waals surface area contributed by atoms with Gasteiger partial charge in [0.1, 0.15) is 6.54 Å². The number of anilines is 1. The fourth-order valence-electron chi connectivity index (χ4n) is 3.17. The highest BCUT2D eigenvalue weighted by Gasteiger charge is 2.29. The molecule has 1 amide bonds. The predicted octanol–water partition coefficient (Wildman–Crippen LogP) is 4.53. The minimum atomic E-state index is -0.0932. The molecule has 1 fully saturated rings. The van der Waals surface area contributed by atoms with Gasteiger partial charge in [0.05, 0.1) is 23.7 Å². The monoisotopic (exact) mass is 388 g/mol. The van der Waals surface area contributed by atoms with Gasteiger partial charge < -0.3 is 4.57 Å². The lowest BCUT2D eigenvalue weighted by Gasteiger charge is -2.19. The lowest BCUT2D eigenvalue weighted by Crippen LogP contribution is -2.32. The molecular weight excluding hydrogens is 368 g/mol. The normalized spacial score (nSPS) is 13.1. The maximum absolute atomic E-state index is 12.8. The highest BCUT2D eigenvalue weighted by molar-refractivity contribution is 7.99. The third-order valence-electron chi connectivity index (χ3n) is 4.67. The summed E-state index contributed by atoms with van der Waals surface area (Å²) in [5, 5.41) is 9.98. The highest BCUT2D eigenvalue weighted by Crippen LogP contribution is 2.41. The molecule has 0 bridgehead atoms. The molecule has 3 aromatic rings. The van der Waals surface area contributed by atoms with Crippen LogP contribution in [0.5, 0.6) is 0 Å². The number of carbonyl (C=O) groups is 1. The SMILES string of the molecule is N#CCN(C(=O)CSc1ncc(-c2ccccc2)n1C1CC1)c1ccccc1. The fourth-order valence-corrected chi connectivity index (χ4v) is 4.09. The number of carbonyl (C=O) groups excluding carboxylic acids is 1. The summed E-state index contributed by atoms with van der Waals surface area (Å²) < 4.78 is 2.25. The van der Waals surface area contributed by atoms with Crippen molar-refractivity contribution in [3.63, 3.8) is 0 Å². The van der Waals surface area contributed by atoms with Crippen LogP contribution in [0, 0.1) is 11.3 Å². The molecule has 6 heteroatoms. The van der Waals surface area contributed by atoms with Crippen LogP contribution in [0.25, 0.3) is 11.3 Å². The zero-order chi connectivity index (χ0) is 19.3. The van der Waals surface area contributed by atoms with Gasteiger partial charge in [-0.2, -0.15) is 5.26 Å². The highest BCUT2D eigenvalue weighted by atomic mass is 32.2. The second-order valence-electron chi connectivity index (χ2n) is 6.66. The molecule has 1 aromatic heterocycles. The number of hydrogen-bond donors (Lipinski definition) is 0. The Hall–Kier alpha value is -3.04. The van der Waals surface area contributed by atoms with Crippen molar-refractivity contribution < 1.29 is 4.79 Å². The number of benzene rings is 2. The van der Waals surface area contributed by atoms with Crippen LogP contribution in [0.1, 0.15) is 18.9 Å². The van der Waals surface area contributed by atoms with E-state index in [2.05, 4.69) is 27.8 Å². The Kier molecular flexibility index (Phi) is 5.45. The Morgan fingerprint density at radius 2 is 1.82 bits per heavy atom. The van der Waals surface area contributed by atoms with Crippen LogP contribution in [0.4, 0.5) is 5.69 Å².